The van der Waals surface area contributed by atoms with Gasteiger partial charge in [0.25, 0.3) is 0 Å². The summed E-state index contributed by atoms with van der Waals surface area (Å²) in [5.41, 5.74) is 1.13. The third-order valence-electron chi connectivity index (χ3n) is 3.32. The zero-order valence-corrected chi connectivity index (χ0v) is 12.4. The molecule has 1 aromatic carbocycles. The lowest BCUT2D eigenvalue weighted by Gasteiger charge is -2.33. The van der Waals surface area contributed by atoms with Gasteiger partial charge in [-0.15, -0.1) is 11.3 Å². The third-order valence-corrected chi connectivity index (χ3v) is 5.43. The molecule has 0 amide bonds. The first kappa shape index (κ1) is 12.5. The average Bonchev–Trinajstić information content (AvgIpc) is 2.69. The highest BCUT2D eigenvalue weighted by molar-refractivity contribution is 7.98. The number of para-hydroxylation sites is 1. The van der Waals surface area contributed by atoms with Crippen LogP contribution in [0.25, 0.3) is 10.2 Å². The maximum absolute atomic E-state index is 4.70. The number of nitrogens with zero attached hydrogens (tertiary/aromatic N) is 2. The van der Waals surface area contributed by atoms with Crippen LogP contribution in [-0.2, 0) is 0 Å². The summed E-state index contributed by atoms with van der Waals surface area (Å²) in [4.78, 5) is 4.70. The van der Waals surface area contributed by atoms with Gasteiger partial charge in [0.05, 0.1) is 10.2 Å². The monoisotopic (exact) mass is 278 g/mol. The molecule has 96 valence electrons. The van der Waals surface area contributed by atoms with Gasteiger partial charge in [0.15, 0.2) is 4.34 Å². The molecule has 2 nitrogen and oxygen atoms in total. The minimum absolute atomic E-state index is 0.802. The number of aromatic nitrogens is 1. The summed E-state index contributed by atoms with van der Waals surface area (Å²) in [7, 11) is 0. The lowest BCUT2D eigenvalue weighted by molar-refractivity contribution is 0.237. The van der Waals surface area contributed by atoms with Gasteiger partial charge in [-0.05, 0) is 42.3 Å². The fourth-order valence-electron chi connectivity index (χ4n) is 2.68. The quantitative estimate of drug-likeness (QED) is 0.763. The maximum atomic E-state index is 4.70. The smallest absolute Gasteiger partial charge is 0.166 e. The first-order valence-electron chi connectivity index (χ1n) is 6.49. The highest BCUT2D eigenvalue weighted by Crippen LogP contribution is 2.34. The molecule has 0 bridgehead atoms. The summed E-state index contributed by atoms with van der Waals surface area (Å²) in [5, 5.41) is 0. The molecule has 0 radical (unpaired) electrons. The molecule has 2 unspecified atom stereocenters. The number of hydrogen-bond acceptors (Lipinski definition) is 4. The Bertz CT molecular complexity index is 494. The normalized spacial score (nSPS) is 25.7. The first-order chi connectivity index (χ1) is 8.70. The molecule has 2 aromatic rings. The lowest BCUT2D eigenvalue weighted by Crippen LogP contribution is -2.33. The van der Waals surface area contributed by atoms with Gasteiger partial charge in [0, 0.05) is 13.1 Å². The van der Waals surface area contributed by atoms with Gasteiger partial charge in [-0.1, -0.05) is 26.0 Å². The number of piperidine rings is 1. The van der Waals surface area contributed by atoms with Gasteiger partial charge >= 0.3 is 0 Å². The van der Waals surface area contributed by atoms with Gasteiger partial charge in [-0.25, -0.2) is 9.29 Å². The van der Waals surface area contributed by atoms with Crippen LogP contribution in [0.5, 0.6) is 0 Å². The van der Waals surface area contributed by atoms with Crippen molar-refractivity contribution in [1.29, 1.82) is 0 Å². The molecule has 0 N–H and O–H groups in total. The molecule has 0 aliphatic carbocycles. The number of benzene rings is 1. The SMILES string of the molecule is CC1CC(C)CN(Sc2nc3ccccc3s2)C1. The van der Waals surface area contributed by atoms with Crippen LogP contribution in [-0.4, -0.2) is 22.4 Å². The van der Waals surface area contributed by atoms with Gasteiger partial charge in [0.2, 0.25) is 0 Å². The van der Waals surface area contributed by atoms with E-state index in [-0.39, 0.29) is 0 Å². The van der Waals surface area contributed by atoms with Crippen LogP contribution in [0.3, 0.4) is 0 Å². The summed E-state index contributed by atoms with van der Waals surface area (Å²) in [6.45, 7) is 7.07. The van der Waals surface area contributed by atoms with Crippen molar-refractivity contribution < 1.29 is 0 Å². The van der Waals surface area contributed by atoms with E-state index in [0.29, 0.717) is 0 Å². The molecule has 1 fully saturated rings. The summed E-state index contributed by atoms with van der Waals surface area (Å²) in [5.74, 6) is 1.60. The fourth-order valence-corrected chi connectivity index (χ4v) is 5.13. The second-order valence-electron chi connectivity index (χ2n) is 5.33. The van der Waals surface area contributed by atoms with Crippen LogP contribution in [0.1, 0.15) is 20.3 Å². The van der Waals surface area contributed by atoms with E-state index in [4.69, 9.17) is 4.98 Å². The standard InChI is InChI=1S/C14H18N2S2/c1-10-7-11(2)9-16(8-10)18-14-15-12-5-3-4-6-13(12)17-14/h3-6,10-11H,7-9H2,1-2H3. The number of fused-ring (bicyclic) bond motifs is 1. The Hall–Kier alpha value is -0.580. The maximum Gasteiger partial charge on any atom is 0.166 e. The molecule has 2 atom stereocenters. The van der Waals surface area contributed by atoms with Crippen LogP contribution >= 0.6 is 23.3 Å². The van der Waals surface area contributed by atoms with E-state index in [2.05, 4.69) is 42.4 Å². The molecule has 4 heteroatoms. The molecule has 1 aromatic heterocycles. The molecule has 1 aliphatic heterocycles. The van der Waals surface area contributed by atoms with Crippen LogP contribution in [0.15, 0.2) is 28.6 Å². The van der Waals surface area contributed by atoms with E-state index in [1.54, 1.807) is 11.3 Å². The molecule has 0 spiro atoms. The molecular formula is C14H18N2S2. The van der Waals surface area contributed by atoms with E-state index in [9.17, 15) is 0 Å². The molecule has 18 heavy (non-hydrogen) atoms. The Morgan fingerprint density at radius 3 is 2.67 bits per heavy atom. The van der Waals surface area contributed by atoms with E-state index >= 15 is 0 Å². The zero-order chi connectivity index (χ0) is 12.5. The fraction of sp³-hybridized carbons (Fsp3) is 0.500. The highest BCUT2D eigenvalue weighted by Gasteiger charge is 2.23. The molecule has 2 heterocycles. The average molecular weight is 278 g/mol. The predicted molar refractivity (Wildman–Crippen MR) is 80.0 cm³/mol. The molecule has 1 saturated heterocycles. The second-order valence-corrected chi connectivity index (χ2v) is 7.71. The second kappa shape index (κ2) is 5.19. The van der Waals surface area contributed by atoms with Crippen molar-refractivity contribution >= 4 is 33.5 Å². The van der Waals surface area contributed by atoms with Crippen LogP contribution in [0.2, 0.25) is 0 Å². The predicted octanol–water partition coefficient (Wildman–Crippen LogP) is 4.28. The number of rotatable bonds is 2. The Morgan fingerprint density at radius 1 is 1.22 bits per heavy atom. The largest absolute Gasteiger partial charge is 0.244 e. The third kappa shape index (κ3) is 2.71. The van der Waals surface area contributed by atoms with Crippen molar-refractivity contribution in [1.82, 2.24) is 9.29 Å². The Kier molecular flexibility index (Phi) is 3.59. The van der Waals surface area contributed by atoms with Gasteiger partial charge < -0.3 is 0 Å². The van der Waals surface area contributed by atoms with Crippen molar-refractivity contribution in [3.05, 3.63) is 24.3 Å². The van der Waals surface area contributed by atoms with Crippen molar-refractivity contribution in [3.63, 3.8) is 0 Å². The van der Waals surface area contributed by atoms with Gasteiger partial charge in [-0.2, -0.15) is 0 Å². The van der Waals surface area contributed by atoms with Crippen LogP contribution < -0.4 is 0 Å². The van der Waals surface area contributed by atoms with Crippen molar-refractivity contribution in [2.45, 2.75) is 24.6 Å². The zero-order valence-electron chi connectivity index (χ0n) is 10.8. The first-order valence-corrected chi connectivity index (χ1v) is 8.08. The van der Waals surface area contributed by atoms with Gasteiger partial charge in [-0.3, -0.25) is 0 Å². The summed E-state index contributed by atoms with van der Waals surface area (Å²) >= 11 is 3.64. The molecule has 1 aliphatic rings. The Labute approximate surface area is 117 Å². The van der Waals surface area contributed by atoms with Crippen LogP contribution in [0.4, 0.5) is 0 Å². The Morgan fingerprint density at radius 2 is 1.94 bits per heavy atom. The highest BCUT2D eigenvalue weighted by atomic mass is 32.2. The number of hydrogen-bond donors (Lipinski definition) is 0. The van der Waals surface area contributed by atoms with E-state index in [1.165, 1.54) is 28.5 Å². The van der Waals surface area contributed by atoms with E-state index in [1.807, 2.05) is 11.9 Å². The van der Waals surface area contributed by atoms with Crippen LogP contribution in [0, 0.1) is 11.8 Å². The molecular weight excluding hydrogens is 260 g/mol. The van der Waals surface area contributed by atoms with Crippen molar-refractivity contribution in [2.75, 3.05) is 13.1 Å². The lowest BCUT2D eigenvalue weighted by atomic mass is 9.94. The van der Waals surface area contributed by atoms with Gasteiger partial charge in [0.1, 0.15) is 0 Å². The molecule has 3 rings (SSSR count). The van der Waals surface area contributed by atoms with E-state index < -0.39 is 0 Å². The summed E-state index contributed by atoms with van der Waals surface area (Å²) in [6, 6.07) is 8.39. The Balaban J connectivity index is 1.75. The summed E-state index contributed by atoms with van der Waals surface area (Å²) < 4.78 is 4.95. The van der Waals surface area contributed by atoms with E-state index in [0.717, 1.165) is 17.4 Å². The summed E-state index contributed by atoms with van der Waals surface area (Å²) in [6.07, 6.45) is 1.36. The minimum atomic E-state index is 0.802. The topological polar surface area (TPSA) is 16.1 Å². The molecule has 0 saturated carbocycles. The minimum Gasteiger partial charge on any atom is -0.244 e. The van der Waals surface area contributed by atoms with Crippen molar-refractivity contribution in [2.24, 2.45) is 11.8 Å². The number of thiazole rings is 1. The van der Waals surface area contributed by atoms with Crippen molar-refractivity contribution in [3.8, 4) is 0 Å².